The molecule has 0 bridgehead atoms. The zero-order valence-corrected chi connectivity index (χ0v) is 16.7. The molecular formula is C23H22ClNO3. The van der Waals surface area contributed by atoms with E-state index in [1.54, 1.807) is 30.3 Å². The number of para-hydroxylation sites is 1. The van der Waals surface area contributed by atoms with Crippen LogP contribution in [0.5, 0.6) is 11.5 Å². The molecule has 0 aliphatic carbocycles. The molecule has 1 amide bonds. The van der Waals surface area contributed by atoms with Crippen molar-refractivity contribution in [3.05, 3.63) is 88.4 Å². The first-order valence-electron chi connectivity index (χ1n) is 8.91. The van der Waals surface area contributed by atoms with Gasteiger partial charge in [-0.1, -0.05) is 61.8 Å². The van der Waals surface area contributed by atoms with Crippen molar-refractivity contribution in [2.45, 2.75) is 26.2 Å². The summed E-state index contributed by atoms with van der Waals surface area (Å²) in [7, 11) is 0. The highest BCUT2D eigenvalue weighted by Crippen LogP contribution is 2.33. The normalized spacial score (nSPS) is 11.1. The van der Waals surface area contributed by atoms with E-state index < -0.39 is 6.09 Å². The van der Waals surface area contributed by atoms with E-state index in [4.69, 9.17) is 16.3 Å². The Hall–Kier alpha value is -2.98. The second kappa shape index (κ2) is 7.95. The number of amides is 1. The SMILES string of the molecule is Cc1cccc(Cl)c1NC(=O)Oc1ccc(C(C)(C)c2ccc(O)cc2)cc1. The lowest BCUT2D eigenvalue weighted by Gasteiger charge is -2.26. The fourth-order valence-corrected chi connectivity index (χ4v) is 3.28. The van der Waals surface area contributed by atoms with Gasteiger partial charge in [-0.25, -0.2) is 4.79 Å². The number of phenolic OH excluding ortho intramolecular Hbond substituents is 1. The van der Waals surface area contributed by atoms with Gasteiger partial charge in [0.25, 0.3) is 0 Å². The third-order valence-electron chi connectivity index (χ3n) is 4.82. The van der Waals surface area contributed by atoms with Crippen LogP contribution >= 0.6 is 11.6 Å². The summed E-state index contributed by atoms with van der Waals surface area (Å²) < 4.78 is 5.38. The van der Waals surface area contributed by atoms with E-state index in [0.29, 0.717) is 16.5 Å². The number of halogens is 1. The fraction of sp³-hybridized carbons (Fsp3) is 0.174. The Labute approximate surface area is 169 Å². The number of phenols is 1. The Balaban J connectivity index is 1.72. The molecule has 0 aromatic heterocycles. The van der Waals surface area contributed by atoms with Crippen LogP contribution in [0.15, 0.2) is 66.7 Å². The van der Waals surface area contributed by atoms with Gasteiger partial charge in [-0.3, -0.25) is 5.32 Å². The summed E-state index contributed by atoms with van der Waals surface area (Å²) in [5.74, 6) is 0.676. The van der Waals surface area contributed by atoms with Crippen molar-refractivity contribution in [1.29, 1.82) is 0 Å². The monoisotopic (exact) mass is 395 g/mol. The van der Waals surface area contributed by atoms with Crippen LogP contribution in [0.4, 0.5) is 10.5 Å². The fourth-order valence-electron chi connectivity index (χ4n) is 3.01. The zero-order valence-electron chi connectivity index (χ0n) is 16.0. The minimum atomic E-state index is -0.596. The van der Waals surface area contributed by atoms with Crippen LogP contribution in [0.2, 0.25) is 5.02 Å². The van der Waals surface area contributed by atoms with Gasteiger partial charge in [-0.05, 0) is 53.9 Å². The van der Waals surface area contributed by atoms with Crippen molar-refractivity contribution < 1.29 is 14.6 Å². The van der Waals surface area contributed by atoms with Gasteiger partial charge >= 0.3 is 6.09 Å². The zero-order chi connectivity index (χ0) is 20.3. The van der Waals surface area contributed by atoms with Crippen molar-refractivity contribution >= 4 is 23.4 Å². The first kappa shape index (κ1) is 19.8. The maximum absolute atomic E-state index is 12.2. The number of rotatable bonds is 4. The van der Waals surface area contributed by atoms with E-state index in [1.165, 1.54) is 0 Å². The van der Waals surface area contributed by atoms with Crippen molar-refractivity contribution in [3.63, 3.8) is 0 Å². The minimum Gasteiger partial charge on any atom is -0.508 e. The van der Waals surface area contributed by atoms with Crippen molar-refractivity contribution in [2.75, 3.05) is 5.32 Å². The van der Waals surface area contributed by atoms with Crippen LogP contribution in [0.25, 0.3) is 0 Å². The van der Waals surface area contributed by atoms with Gasteiger partial charge in [0.05, 0.1) is 10.7 Å². The standard InChI is InChI=1S/C23H22ClNO3/c1-15-5-4-6-20(24)21(15)25-22(27)28-19-13-9-17(10-14-19)23(2,3)16-7-11-18(26)12-8-16/h4-14,26H,1-3H3,(H,25,27). The number of aryl methyl sites for hydroxylation is 1. The Kier molecular flexibility index (Phi) is 5.61. The van der Waals surface area contributed by atoms with Crippen LogP contribution < -0.4 is 10.1 Å². The number of benzene rings is 3. The van der Waals surface area contributed by atoms with E-state index in [1.807, 2.05) is 43.3 Å². The van der Waals surface area contributed by atoms with Gasteiger partial charge in [0.15, 0.2) is 0 Å². The van der Waals surface area contributed by atoms with Crippen molar-refractivity contribution in [2.24, 2.45) is 0 Å². The van der Waals surface area contributed by atoms with Gasteiger partial charge < -0.3 is 9.84 Å². The Morgan fingerprint density at radius 3 is 2.11 bits per heavy atom. The summed E-state index contributed by atoms with van der Waals surface area (Å²) in [6.45, 7) is 6.06. The number of carbonyl (C=O) groups is 1. The van der Waals surface area contributed by atoms with Gasteiger partial charge in [0.2, 0.25) is 0 Å². The molecule has 0 heterocycles. The average molecular weight is 396 g/mol. The second-order valence-corrected chi connectivity index (χ2v) is 7.55. The maximum Gasteiger partial charge on any atom is 0.417 e. The van der Waals surface area contributed by atoms with Crippen molar-refractivity contribution in [1.82, 2.24) is 0 Å². The van der Waals surface area contributed by atoms with Crippen molar-refractivity contribution in [3.8, 4) is 11.5 Å². The molecule has 5 heteroatoms. The number of aromatic hydroxyl groups is 1. The van der Waals surface area contributed by atoms with Crippen LogP contribution in [0, 0.1) is 6.92 Å². The minimum absolute atomic E-state index is 0.239. The summed E-state index contributed by atoms with van der Waals surface area (Å²) in [4.78, 5) is 12.2. The lowest BCUT2D eigenvalue weighted by atomic mass is 9.78. The first-order valence-corrected chi connectivity index (χ1v) is 9.29. The van der Waals surface area contributed by atoms with Gasteiger partial charge in [0.1, 0.15) is 11.5 Å². The van der Waals surface area contributed by atoms with E-state index in [-0.39, 0.29) is 11.2 Å². The molecule has 2 N–H and O–H groups in total. The molecule has 144 valence electrons. The molecule has 28 heavy (non-hydrogen) atoms. The van der Waals surface area contributed by atoms with Crippen LogP contribution in [-0.2, 0) is 5.41 Å². The molecule has 0 spiro atoms. The van der Waals surface area contributed by atoms with E-state index in [2.05, 4.69) is 19.2 Å². The Morgan fingerprint density at radius 1 is 0.964 bits per heavy atom. The largest absolute Gasteiger partial charge is 0.508 e. The number of hydrogen-bond donors (Lipinski definition) is 2. The summed E-state index contributed by atoms with van der Waals surface area (Å²) in [6.07, 6.45) is -0.596. The third-order valence-corrected chi connectivity index (χ3v) is 5.14. The molecular weight excluding hydrogens is 374 g/mol. The summed E-state index contributed by atoms with van der Waals surface area (Å²) in [5, 5.41) is 12.6. The predicted molar refractivity (Wildman–Crippen MR) is 113 cm³/mol. The quantitative estimate of drug-likeness (QED) is 0.545. The highest BCUT2D eigenvalue weighted by atomic mass is 35.5. The van der Waals surface area contributed by atoms with Crippen LogP contribution in [0.1, 0.15) is 30.5 Å². The molecule has 0 saturated heterocycles. The smallest absolute Gasteiger partial charge is 0.417 e. The van der Waals surface area contributed by atoms with Crippen LogP contribution in [-0.4, -0.2) is 11.2 Å². The maximum atomic E-state index is 12.2. The topological polar surface area (TPSA) is 58.6 Å². The summed E-state index contributed by atoms with van der Waals surface area (Å²) in [6, 6.07) is 19.9. The molecule has 0 aliphatic heterocycles. The molecule has 0 atom stereocenters. The number of anilines is 1. The average Bonchev–Trinajstić information content (AvgIpc) is 2.66. The lowest BCUT2D eigenvalue weighted by Crippen LogP contribution is -2.19. The highest BCUT2D eigenvalue weighted by Gasteiger charge is 2.23. The summed E-state index contributed by atoms with van der Waals surface area (Å²) >= 11 is 6.13. The number of ether oxygens (including phenoxy) is 1. The Bertz CT molecular complexity index is 959. The molecule has 4 nitrogen and oxygen atoms in total. The van der Waals surface area contributed by atoms with E-state index in [9.17, 15) is 9.90 Å². The molecule has 0 aliphatic rings. The number of nitrogens with one attached hydrogen (secondary N) is 1. The highest BCUT2D eigenvalue weighted by molar-refractivity contribution is 6.33. The van der Waals surface area contributed by atoms with Crippen LogP contribution in [0.3, 0.4) is 0 Å². The number of hydrogen-bond acceptors (Lipinski definition) is 3. The Morgan fingerprint density at radius 2 is 1.54 bits per heavy atom. The molecule has 0 unspecified atom stereocenters. The number of carbonyl (C=O) groups excluding carboxylic acids is 1. The third kappa shape index (κ3) is 4.29. The molecule has 0 radical (unpaired) electrons. The second-order valence-electron chi connectivity index (χ2n) is 7.14. The molecule has 3 aromatic rings. The van der Waals surface area contributed by atoms with E-state index in [0.717, 1.165) is 16.7 Å². The van der Waals surface area contributed by atoms with Gasteiger partial charge in [-0.2, -0.15) is 0 Å². The summed E-state index contributed by atoms with van der Waals surface area (Å²) in [5.41, 5.74) is 3.27. The first-order chi connectivity index (χ1) is 13.3. The van der Waals surface area contributed by atoms with Gasteiger partial charge in [-0.15, -0.1) is 0 Å². The molecule has 0 saturated carbocycles. The lowest BCUT2D eigenvalue weighted by molar-refractivity contribution is 0.215. The molecule has 3 aromatic carbocycles. The van der Waals surface area contributed by atoms with E-state index >= 15 is 0 Å². The molecule has 0 fully saturated rings. The molecule has 3 rings (SSSR count). The van der Waals surface area contributed by atoms with Gasteiger partial charge in [0, 0.05) is 5.41 Å². The predicted octanol–water partition coefficient (Wildman–Crippen LogP) is 6.29.